The number of benzene rings is 2. The molecule has 0 atom stereocenters. The lowest BCUT2D eigenvalue weighted by atomic mass is 10.1. The van der Waals surface area contributed by atoms with E-state index in [1.165, 1.54) is 5.56 Å². The fourth-order valence-corrected chi connectivity index (χ4v) is 1.59. The monoisotopic (exact) mass is 201 g/mol. The zero-order valence-electron chi connectivity index (χ0n) is 7.70. The van der Waals surface area contributed by atoms with Gasteiger partial charge in [-0.15, -0.1) is 0 Å². The van der Waals surface area contributed by atoms with Crippen LogP contribution in [-0.2, 0) is 6.42 Å². The van der Waals surface area contributed by atoms with Gasteiger partial charge < -0.3 is 0 Å². The average Bonchev–Trinajstić information content (AvgIpc) is 2.23. The van der Waals surface area contributed by atoms with Gasteiger partial charge in [0.25, 0.3) is 0 Å². The Hall–Kier alpha value is -1.27. The second kappa shape index (κ2) is 4.30. The van der Waals surface area contributed by atoms with E-state index in [0.717, 1.165) is 17.0 Å². The van der Waals surface area contributed by atoms with Crippen molar-refractivity contribution in [3.8, 4) is 0 Å². The molecule has 2 aromatic rings. The van der Waals surface area contributed by atoms with Crippen LogP contribution in [0, 0.1) is 6.07 Å². The maximum Gasteiger partial charge on any atom is 0.0447 e. The molecule has 0 unspecified atom stereocenters. The highest BCUT2D eigenvalue weighted by molar-refractivity contribution is 6.31. The molecular weight excluding hydrogens is 192 g/mol. The lowest BCUT2D eigenvalue weighted by Crippen LogP contribution is -1.88. The molecule has 0 amide bonds. The molecule has 14 heavy (non-hydrogen) atoms. The van der Waals surface area contributed by atoms with E-state index in [1.807, 2.05) is 30.3 Å². The van der Waals surface area contributed by atoms with Crippen molar-refractivity contribution in [2.75, 3.05) is 0 Å². The van der Waals surface area contributed by atoms with Gasteiger partial charge in [0.1, 0.15) is 0 Å². The van der Waals surface area contributed by atoms with Crippen LogP contribution < -0.4 is 0 Å². The summed E-state index contributed by atoms with van der Waals surface area (Å²) < 4.78 is 0. The Labute approximate surface area is 89.2 Å². The summed E-state index contributed by atoms with van der Waals surface area (Å²) in [5.41, 5.74) is 2.43. The third-order valence-corrected chi connectivity index (χ3v) is 2.49. The first-order valence-corrected chi connectivity index (χ1v) is 4.92. The largest absolute Gasteiger partial charge is 0.0840 e. The number of hydrogen-bond acceptors (Lipinski definition) is 0. The van der Waals surface area contributed by atoms with Crippen LogP contribution in [0.2, 0.25) is 5.02 Å². The van der Waals surface area contributed by atoms with Crippen LogP contribution in [0.4, 0.5) is 0 Å². The van der Waals surface area contributed by atoms with Crippen LogP contribution in [0.5, 0.6) is 0 Å². The summed E-state index contributed by atoms with van der Waals surface area (Å²) in [5, 5.41) is 0.788. The molecule has 2 rings (SSSR count). The Balaban J connectivity index is 2.24. The van der Waals surface area contributed by atoms with E-state index >= 15 is 0 Å². The second-order valence-corrected chi connectivity index (χ2v) is 3.59. The molecule has 0 N–H and O–H groups in total. The predicted octanol–water partition coefficient (Wildman–Crippen LogP) is 3.73. The molecule has 0 saturated carbocycles. The molecule has 1 radical (unpaired) electrons. The van der Waals surface area contributed by atoms with Crippen molar-refractivity contribution in [2.24, 2.45) is 0 Å². The molecule has 0 aliphatic rings. The SMILES string of the molecule is Clc1c[c]ccc1Cc1ccccc1. The summed E-state index contributed by atoms with van der Waals surface area (Å²) in [4.78, 5) is 0. The highest BCUT2D eigenvalue weighted by atomic mass is 35.5. The molecule has 0 bridgehead atoms. The highest BCUT2D eigenvalue weighted by Gasteiger charge is 1.99. The van der Waals surface area contributed by atoms with E-state index in [2.05, 4.69) is 18.2 Å². The molecule has 0 aliphatic heterocycles. The van der Waals surface area contributed by atoms with Gasteiger partial charge in [-0.3, -0.25) is 0 Å². The van der Waals surface area contributed by atoms with Crippen molar-refractivity contribution in [1.82, 2.24) is 0 Å². The summed E-state index contributed by atoms with van der Waals surface area (Å²) in [6, 6.07) is 19.0. The van der Waals surface area contributed by atoms with Gasteiger partial charge in [0.05, 0.1) is 0 Å². The molecular formula is C13H10Cl. The van der Waals surface area contributed by atoms with E-state index in [1.54, 1.807) is 6.07 Å². The maximum absolute atomic E-state index is 6.04. The fraction of sp³-hybridized carbons (Fsp3) is 0.0769. The summed E-state index contributed by atoms with van der Waals surface area (Å²) in [6.07, 6.45) is 0.883. The third-order valence-electron chi connectivity index (χ3n) is 2.13. The number of rotatable bonds is 2. The van der Waals surface area contributed by atoms with Gasteiger partial charge in [-0.25, -0.2) is 0 Å². The van der Waals surface area contributed by atoms with Crippen molar-refractivity contribution in [3.05, 3.63) is 70.7 Å². The first kappa shape index (κ1) is 9.29. The van der Waals surface area contributed by atoms with Gasteiger partial charge in [0.15, 0.2) is 0 Å². The van der Waals surface area contributed by atoms with Crippen LogP contribution in [-0.4, -0.2) is 0 Å². The van der Waals surface area contributed by atoms with E-state index < -0.39 is 0 Å². The van der Waals surface area contributed by atoms with Crippen molar-refractivity contribution < 1.29 is 0 Å². The number of halogens is 1. The molecule has 0 aromatic heterocycles. The average molecular weight is 202 g/mol. The lowest BCUT2D eigenvalue weighted by Gasteiger charge is -2.03. The smallest absolute Gasteiger partial charge is 0.0447 e. The number of hydrogen-bond donors (Lipinski definition) is 0. The molecule has 0 aliphatic carbocycles. The van der Waals surface area contributed by atoms with Gasteiger partial charge >= 0.3 is 0 Å². The van der Waals surface area contributed by atoms with E-state index in [9.17, 15) is 0 Å². The van der Waals surface area contributed by atoms with Crippen LogP contribution in [0.1, 0.15) is 11.1 Å². The van der Waals surface area contributed by atoms with Gasteiger partial charge in [-0.05, 0) is 29.7 Å². The molecule has 0 fully saturated rings. The Morgan fingerprint density at radius 1 is 1.07 bits per heavy atom. The Bertz CT molecular complexity index is 407. The lowest BCUT2D eigenvalue weighted by molar-refractivity contribution is 1.19. The first-order chi connectivity index (χ1) is 6.86. The zero-order valence-corrected chi connectivity index (χ0v) is 8.46. The Morgan fingerprint density at radius 2 is 1.86 bits per heavy atom. The van der Waals surface area contributed by atoms with E-state index in [4.69, 9.17) is 11.6 Å². The van der Waals surface area contributed by atoms with Crippen molar-refractivity contribution in [3.63, 3.8) is 0 Å². The van der Waals surface area contributed by atoms with Crippen LogP contribution >= 0.6 is 11.6 Å². The summed E-state index contributed by atoms with van der Waals surface area (Å²) in [6.45, 7) is 0. The molecule has 0 saturated heterocycles. The molecule has 0 nitrogen and oxygen atoms in total. The molecule has 0 heterocycles. The zero-order chi connectivity index (χ0) is 9.80. The standard InChI is InChI=1S/C13H10Cl/c14-13-9-5-4-8-12(13)10-11-6-2-1-3-7-11/h1-4,6-9H,10H2. The Morgan fingerprint density at radius 3 is 2.57 bits per heavy atom. The maximum atomic E-state index is 6.04. The van der Waals surface area contributed by atoms with Crippen LogP contribution in [0.3, 0.4) is 0 Å². The van der Waals surface area contributed by atoms with Crippen molar-refractivity contribution >= 4 is 11.6 Å². The topological polar surface area (TPSA) is 0 Å². The van der Waals surface area contributed by atoms with E-state index in [0.29, 0.717) is 0 Å². The first-order valence-electron chi connectivity index (χ1n) is 4.54. The van der Waals surface area contributed by atoms with Crippen LogP contribution in [0.15, 0.2) is 48.5 Å². The van der Waals surface area contributed by atoms with Crippen molar-refractivity contribution in [2.45, 2.75) is 6.42 Å². The quantitative estimate of drug-likeness (QED) is 0.695. The highest BCUT2D eigenvalue weighted by Crippen LogP contribution is 2.18. The van der Waals surface area contributed by atoms with Gasteiger partial charge in [0.2, 0.25) is 0 Å². The second-order valence-electron chi connectivity index (χ2n) is 3.18. The fourth-order valence-electron chi connectivity index (χ4n) is 1.40. The summed E-state index contributed by atoms with van der Waals surface area (Å²) >= 11 is 6.04. The summed E-state index contributed by atoms with van der Waals surface area (Å²) in [5.74, 6) is 0. The van der Waals surface area contributed by atoms with Crippen LogP contribution in [0.25, 0.3) is 0 Å². The minimum atomic E-state index is 0.788. The minimum absolute atomic E-state index is 0.788. The molecule has 1 heteroatoms. The predicted molar refractivity (Wildman–Crippen MR) is 59.5 cm³/mol. The van der Waals surface area contributed by atoms with E-state index in [-0.39, 0.29) is 0 Å². The minimum Gasteiger partial charge on any atom is -0.0840 e. The molecule has 2 aromatic carbocycles. The van der Waals surface area contributed by atoms with Gasteiger partial charge in [-0.1, -0.05) is 54.1 Å². The molecule has 0 spiro atoms. The Kier molecular flexibility index (Phi) is 2.85. The molecule has 69 valence electrons. The van der Waals surface area contributed by atoms with Crippen molar-refractivity contribution in [1.29, 1.82) is 0 Å². The summed E-state index contributed by atoms with van der Waals surface area (Å²) in [7, 11) is 0. The normalized spacial score (nSPS) is 10.1. The third kappa shape index (κ3) is 2.15. The van der Waals surface area contributed by atoms with Gasteiger partial charge in [-0.2, -0.15) is 0 Å². The van der Waals surface area contributed by atoms with Gasteiger partial charge in [0, 0.05) is 5.02 Å².